The first-order chi connectivity index (χ1) is 11.1. The van der Waals surface area contributed by atoms with Crippen molar-refractivity contribution in [2.24, 2.45) is 0 Å². The number of hydrogen-bond donors (Lipinski definition) is 3. The summed E-state index contributed by atoms with van der Waals surface area (Å²) in [6.45, 7) is 0.0834. The number of nitrogens with zero attached hydrogens (tertiary/aromatic N) is 2. The van der Waals surface area contributed by atoms with E-state index in [0.29, 0.717) is 10.6 Å². The summed E-state index contributed by atoms with van der Waals surface area (Å²) in [4.78, 5) is 16.1. The van der Waals surface area contributed by atoms with Gasteiger partial charge in [-0.3, -0.25) is 0 Å². The Morgan fingerprint density at radius 1 is 1.22 bits per heavy atom. The summed E-state index contributed by atoms with van der Waals surface area (Å²) < 4.78 is 1.53. The molecule has 3 rings (SSSR count). The molecule has 0 bridgehead atoms. The van der Waals surface area contributed by atoms with Gasteiger partial charge in [0.25, 0.3) is 0 Å². The average Bonchev–Trinajstić information content (AvgIpc) is 2.96. The van der Waals surface area contributed by atoms with Crippen molar-refractivity contribution in [2.75, 3.05) is 12.0 Å². The summed E-state index contributed by atoms with van der Waals surface area (Å²) in [5.41, 5.74) is 4.91. The zero-order valence-electron chi connectivity index (χ0n) is 12.1. The number of urea groups is 1. The van der Waals surface area contributed by atoms with Crippen molar-refractivity contribution >= 4 is 28.7 Å². The number of carbonyl (C=O) groups excluding carboxylic acids is 1. The highest BCUT2D eigenvalue weighted by molar-refractivity contribution is 6.30. The van der Waals surface area contributed by atoms with E-state index in [1.54, 1.807) is 24.3 Å². The van der Waals surface area contributed by atoms with Crippen LogP contribution in [0.15, 0.2) is 54.9 Å². The van der Waals surface area contributed by atoms with Gasteiger partial charge >= 0.3 is 6.03 Å². The van der Waals surface area contributed by atoms with Crippen LogP contribution < -0.4 is 10.7 Å². The number of carbonyl (C=O) groups is 1. The highest BCUT2D eigenvalue weighted by Crippen LogP contribution is 2.15. The van der Waals surface area contributed by atoms with Crippen LogP contribution in [-0.4, -0.2) is 27.3 Å². The first kappa shape index (κ1) is 15.3. The third kappa shape index (κ3) is 3.61. The summed E-state index contributed by atoms with van der Waals surface area (Å²) in [5.74, 6) is 0. The molecule has 1 heterocycles. The number of aliphatic hydroxyl groups excluding tert-OH is 1. The van der Waals surface area contributed by atoms with E-state index < -0.39 is 12.1 Å². The number of aliphatic hydroxyl groups is 1. The molecule has 2 aromatic carbocycles. The van der Waals surface area contributed by atoms with Crippen LogP contribution in [0.5, 0.6) is 0 Å². The molecule has 0 saturated heterocycles. The van der Waals surface area contributed by atoms with E-state index in [9.17, 15) is 9.90 Å². The maximum absolute atomic E-state index is 11.9. The molecule has 0 aliphatic carbocycles. The Kier molecular flexibility index (Phi) is 4.45. The normalized spacial score (nSPS) is 12.1. The lowest BCUT2D eigenvalue weighted by Gasteiger charge is -2.13. The van der Waals surface area contributed by atoms with Gasteiger partial charge < -0.3 is 10.4 Å². The molecule has 6 nitrogen and oxygen atoms in total. The fourth-order valence-electron chi connectivity index (χ4n) is 2.19. The summed E-state index contributed by atoms with van der Waals surface area (Å²) in [5, 5.41) is 13.3. The second kappa shape index (κ2) is 6.68. The molecule has 0 aliphatic heterocycles. The Bertz CT molecular complexity index is 816. The molecule has 0 spiro atoms. The summed E-state index contributed by atoms with van der Waals surface area (Å²) >= 11 is 5.80. The zero-order valence-corrected chi connectivity index (χ0v) is 12.9. The molecular weight excluding hydrogens is 316 g/mol. The molecule has 0 aliphatic rings. The number of imidazole rings is 1. The highest BCUT2D eigenvalue weighted by atomic mass is 35.5. The van der Waals surface area contributed by atoms with Gasteiger partial charge in [-0.15, -0.1) is 0 Å². The highest BCUT2D eigenvalue weighted by Gasteiger charge is 2.10. The summed E-state index contributed by atoms with van der Waals surface area (Å²) in [7, 11) is 0. The zero-order chi connectivity index (χ0) is 16.2. The summed E-state index contributed by atoms with van der Waals surface area (Å²) in [6, 6.07) is 13.8. The van der Waals surface area contributed by atoms with Crippen molar-refractivity contribution in [1.29, 1.82) is 0 Å². The number of benzene rings is 2. The lowest BCUT2D eigenvalue weighted by molar-refractivity contribution is 0.175. The predicted octanol–water partition coefficient (Wildman–Crippen LogP) is 2.68. The Morgan fingerprint density at radius 2 is 1.96 bits per heavy atom. The van der Waals surface area contributed by atoms with Crippen LogP contribution in [0.25, 0.3) is 11.0 Å². The molecule has 23 heavy (non-hydrogen) atoms. The van der Waals surface area contributed by atoms with Crippen molar-refractivity contribution in [3.63, 3.8) is 0 Å². The molecular formula is C16H15ClN4O2. The van der Waals surface area contributed by atoms with Crippen LogP contribution in [0.2, 0.25) is 5.02 Å². The number of amides is 2. The predicted molar refractivity (Wildman–Crippen MR) is 88.9 cm³/mol. The van der Waals surface area contributed by atoms with E-state index in [1.807, 2.05) is 24.3 Å². The van der Waals surface area contributed by atoms with Gasteiger partial charge in [0.1, 0.15) is 6.33 Å². The van der Waals surface area contributed by atoms with Crippen molar-refractivity contribution in [1.82, 2.24) is 15.0 Å². The molecule has 3 N–H and O–H groups in total. The van der Waals surface area contributed by atoms with Crippen LogP contribution in [0.4, 0.5) is 4.79 Å². The van der Waals surface area contributed by atoms with E-state index in [2.05, 4.69) is 15.7 Å². The molecule has 0 radical (unpaired) electrons. The van der Waals surface area contributed by atoms with Gasteiger partial charge in [-0.2, -0.15) is 0 Å². The Labute approximate surface area is 137 Å². The maximum atomic E-state index is 11.9. The van der Waals surface area contributed by atoms with Crippen molar-refractivity contribution in [3.05, 3.63) is 65.4 Å². The number of aromatic nitrogens is 2. The van der Waals surface area contributed by atoms with E-state index in [-0.39, 0.29) is 6.54 Å². The Balaban J connectivity index is 1.58. The quantitative estimate of drug-likeness (QED) is 0.688. The van der Waals surface area contributed by atoms with Crippen molar-refractivity contribution in [2.45, 2.75) is 6.10 Å². The third-order valence-corrected chi connectivity index (χ3v) is 3.64. The number of rotatable bonds is 4. The molecule has 1 aromatic heterocycles. The molecule has 118 valence electrons. The first-order valence-electron chi connectivity index (χ1n) is 7.04. The van der Waals surface area contributed by atoms with Crippen LogP contribution in [-0.2, 0) is 0 Å². The van der Waals surface area contributed by atoms with Gasteiger partial charge in [-0.05, 0) is 29.8 Å². The Morgan fingerprint density at radius 3 is 2.74 bits per heavy atom. The molecule has 7 heteroatoms. The molecule has 0 fully saturated rings. The van der Waals surface area contributed by atoms with Crippen LogP contribution in [0, 0.1) is 0 Å². The van der Waals surface area contributed by atoms with Gasteiger partial charge in [-0.1, -0.05) is 35.9 Å². The fourth-order valence-corrected chi connectivity index (χ4v) is 2.32. The lowest BCUT2D eigenvalue weighted by atomic mass is 10.1. The van der Waals surface area contributed by atoms with Gasteiger partial charge in [0.2, 0.25) is 0 Å². The number of fused-ring (bicyclic) bond motifs is 1. The minimum atomic E-state index is -0.808. The average molecular weight is 331 g/mol. The van der Waals surface area contributed by atoms with Crippen LogP contribution in [0.1, 0.15) is 11.7 Å². The number of halogens is 1. The smallest absolute Gasteiger partial charge is 0.334 e. The van der Waals surface area contributed by atoms with E-state index >= 15 is 0 Å². The molecule has 0 saturated carbocycles. The molecule has 2 amide bonds. The van der Waals surface area contributed by atoms with Crippen molar-refractivity contribution < 1.29 is 9.90 Å². The molecule has 3 aromatic rings. The number of hydrogen-bond acceptors (Lipinski definition) is 3. The summed E-state index contributed by atoms with van der Waals surface area (Å²) in [6.07, 6.45) is 0.720. The van der Waals surface area contributed by atoms with Crippen LogP contribution >= 0.6 is 11.6 Å². The van der Waals surface area contributed by atoms with E-state index in [0.717, 1.165) is 11.0 Å². The SMILES string of the molecule is O=C(NCC(O)c1ccc(Cl)cc1)Nn1cnc2ccccc21. The number of para-hydroxylation sites is 2. The second-order valence-electron chi connectivity index (χ2n) is 4.99. The molecule has 1 unspecified atom stereocenters. The van der Waals surface area contributed by atoms with Crippen molar-refractivity contribution in [3.8, 4) is 0 Å². The van der Waals surface area contributed by atoms with Gasteiger partial charge in [0.15, 0.2) is 0 Å². The minimum absolute atomic E-state index is 0.0834. The third-order valence-electron chi connectivity index (χ3n) is 3.39. The standard InChI is InChI=1S/C16H15ClN4O2/c17-12-7-5-11(6-8-12)15(22)9-18-16(23)20-21-10-19-13-3-1-2-4-14(13)21/h1-8,10,15,22H,9H2,(H2,18,20,23). The topological polar surface area (TPSA) is 79.2 Å². The van der Waals surface area contributed by atoms with Crippen LogP contribution in [0.3, 0.4) is 0 Å². The second-order valence-corrected chi connectivity index (χ2v) is 5.43. The van der Waals surface area contributed by atoms with E-state index in [4.69, 9.17) is 11.6 Å². The molecule has 1 atom stereocenters. The first-order valence-corrected chi connectivity index (χ1v) is 7.42. The largest absolute Gasteiger partial charge is 0.387 e. The van der Waals surface area contributed by atoms with Gasteiger partial charge in [-0.25, -0.2) is 19.9 Å². The van der Waals surface area contributed by atoms with E-state index in [1.165, 1.54) is 11.0 Å². The Hall–Kier alpha value is -2.57. The van der Waals surface area contributed by atoms with Gasteiger partial charge in [0, 0.05) is 11.6 Å². The maximum Gasteiger partial charge on any atom is 0.334 e. The number of nitrogens with one attached hydrogen (secondary N) is 2. The lowest BCUT2D eigenvalue weighted by Crippen LogP contribution is -2.36. The van der Waals surface area contributed by atoms with Gasteiger partial charge in [0.05, 0.1) is 17.1 Å². The fraction of sp³-hybridized carbons (Fsp3) is 0.125. The monoisotopic (exact) mass is 330 g/mol. The minimum Gasteiger partial charge on any atom is -0.387 e.